The summed E-state index contributed by atoms with van der Waals surface area (Å²) in [4.78, 5) is 2.82. The van der Waals surface area contributed by atoms with Gasteiger partial charge in [0.2, 0.25) is 0 Å². The highest BCUT2D eigenvalue weighted by molar-refractivity contribution is 5.19. The highest BCUT2D eigenvalue weighted by Gasteiger charge is 2.42. The first-order valence-corrected chi connectivity index (χ1v) is 8.42. The number of benzene rings is 1. The number of hydrogen-bond acceptors (Lipinski definition) is 2. The van der Waals surface area contributed by atoms with Crippen LogP contribution in [-0.4, -0.2) is 30.6 Å². The predicted octanol–water partition coefficient (Wildman–Crippen LogP) is 3.21. The van der Waals surface area contributed by atoms with E-state index in [4.69, 9.17) is 0 Å². The third-order valence-corrected chi connectivity index (χ3v) is 5.80. The van der Waals surface area contributed by atoms with Crippen molar-refractivity contribution in [2.45, 2.75) is 44.2 Å². The highest BCUT2D eigenvalue weighted by Crippen LogP contribution is 2.47. The quantitative estimate of drug-likeness (QED) is 0.887. The maximum atomic E-state index is 3.75. The summed E-state index contributed by atoms with van der Waals surface area (Å²) in [7, 11) is 0. The zero-order valence-corrected chi connectivity index (χ0v) is 12.3. The minimum Gasteiger partial charge on any atom is -0.309 e. The lowest BCUT2D eigenvalue weighted by molar-refractivity contribution is 0.140. The van der Waals surface area contributed by atoms with Gasteiger partial charge in [0, 0.05) is 18.6 Å². The summed E-state index contributed by atoms with van der Waals surface area (Å²) in [6.45, 7) is 3.67. The van der Waals surface area contributed by atoms with Crippen LogP contribution in [-0.2, 0) is 0 Å². The molecule has 2 aliphatic carbocycles. The average molecular weight is 270 g/mol. The van der Waals surface area contributed by atoms with Gasteiger partial charge in [0.1, 0.15) is 0 Å². The third-order valence-electron chi connectivity index (χ3n) is 5.80. The molecule has 108 valence electrons. The summed E-state index contributed by atoms with van der Waals surface area (Å²) in [6.07, 6.45) is 7.30. The Bertz CT molecular complexity index is 444. The van der Waals surface area contributed by atoms with Gasteiger partial charge in [0.15, 0.2) is 0 Å². The van der Waals surface area contributed by atoms with E-state index in [1.54, 1.807) is 0 Å². The molecule has 1 saturated heterocycles. The Balaban J connectivity index is 1.50. The van der Waals surface area contributed by atoms with Gasteiger partial charge in [-0.05, 0) is 56.2 Å². The molecule has 4 atom stereocenters. The van der Waals surface area contributed by atoms with E-state index in [1.165, 1.54) is 50.8 Å². The molecule has 3 fully saturated rings. The molecule has 0 aromatic heterocycles. The van der Waals surface area contributed by atoms with Crippen LogP contribution < -0.4 is 5.32 Å². The summed E-state index contributed by atoms with van der Waals surface area (Å²) in [5, 5.41) is 3.75. The fraction of sp³-hybridized carbons (Fsp3) is 0.667. The summed E-state index contributed by atoms with van der Waals surface area (Å²) >= 11 is 0. The second-order valence-electron chi connectivity index (χ2n) is 7.01. The van der Waals surface area contributed by atoms with Crippen LogP contribution in [0.1, 0.15) is 43.7 Å². The van der Waals surface area contributed by atoms with Crippen LogP contribution in [0.25, 0.3) is 0 Å². The molecule has 0 amide bonds. The van der Waals surface area contributed by atoms with E-state index in [2.05, 4.69) is 40.5 Å². The van der Waals surface area contributed by atoms with E-state index in [-0.39, 0.29) is 0 Å². The van der Waals surface area contributed by atoms with Gasteiger partial charge in [-0.3, -0.25) is 4.90 Å². The van der Waals surface area contributed by atoms with E-state index >= 15 is 0 Å². The van der Waals surface area contributed by atoms with E-state index in [0.717, 1.165) is 24.4 Å². The zero-order valence-electron chi connectivity index (χ0n) is 12.3. The molecule has 4 unspecified atom stereocenters. The topological polar surface area (TPSA) is 15.3 Å². The lowest BCUT2D eigenvalue weighted by Crippen LogP contribution is -2.42. The van der Waals surface area contributed by atoms with E-state index in [9.17, 15) is 0 Å². The average Bonchev–Trinajstić information content (AvgIpc) is 3.04. The number of nitrogens with one attached hydrogen (secondary N) is 1. The Morgan fingerprint density at radius 2 is 1.95 bits per heavy atom. The molecule has 1 heterocycles. The number of hydrogen-bond donors (Lipinski definition) is 1. The Hall–Kier alpha value is -0.860. The van der Waals surface area contributed by atoms with Gasteiger partial charge in [-0.25, -0.2) is 0 Å². The van der Waals surface area contributed by atoms with Crippen molar-refractivity contribution in [1.29, 1.82) is 0 Å². The predicted molar refractivity (Wildman–Crippen MR) is 82.6 cm³/mol. The largest absolute Gasteiger partial charge is 0.309 e. The maximum absolute atomic E-state index is 3.75. The van der Waals surface area contributed by atoms with Crippen molar-refractivity contribution in [3.63, 3.8) is 0 Å². The first kappa shape index (κ1) is 12.8. The molecule has 20 heavy (non-hydrogen) atoms. The SMILES string of the molecule is c1ccc(C2CN(C3CC4CCC3C4)CCCN2)cc1. The van der Waals surface area contributed by atoms with Crippen molar-refractivity contribution >= 4 is 0 Å². The molecule has 2 bridgehead atoms. The van der Waals surface area contributed by atoms with Crippen LogP contribution in [0.3, 0.4) is 0 Å². The fourth-order valence-corrected chi connectivity index (χ4v) is 4.82. The lowest BCUT2D eigenvalue weighted by atomic mass is 9.93. The fourth-order valence-electron chi connectivity index (χ4n) is 4.82. The molecular weight excluding hydrogens is 244 g/mol. The van der Waals surface area contributed by atoms with Gasteiger partial charge < -0.3 is 5.32 Å². The minimum absolute atomic E-state index is 0.526. The molecule has 2 saturated carbocycles. The standard InChI is InChI=1S/C18H26N2/c1-2-5-15(6-3-1)17-13-20(10-4-9-19-17)18-12-14-7-8-16(18)11-14/h1-3,5-6,14,16-19H,4,7-13H2. The van der Waals surface area contributed by atoms with Gasteiger partial charge >= 0.3 is 0 Å². The van der Waals surface area contributed by atoms with Crippen LogP contribution in [0.2, 0.25) is 0 Å². The third kappa shape index (κ3) is 2.40. The molecule has 2 nitrogen and oxygen atoms in total. The normalized spacial score (nSPS) is 38.0. The second-order valence-corrected chi connectivity index (χ2v) is 7.01. The molecule has 4 rings (SSSR count). The summed E-state index contributed by atoms with van der Waals surface area (Å²) in [6, 6.07) is 12.4. The maximum Gasteiger partial charge on any atom is 0.0449 e. The van der Waals surface area contributed by atoms with Gasteiger partial charge in [0.05, 0.1) is 0 Å². The van der Waals surface area contributed by atoms with Crippen molar-refractivity contribution in [2.75, 3.05) is 19.6 Å². The van der Waals surface area contributed by atoms with Crippen LogP contribution in [0.5, 0.6) is 0 Å². The summed E-state index contributed by atoms with van der Waals surface area (Å²) in [5.74, 6) is 2.06. The molecule has 1 N–H and O–H groups in total. The van der Waals surface area contributed by atoms with Crippen molar-refractivity contribution in [3.05, 3.63) is 35.9 Å². The zero-order chi connectivity index (χ0) is 13.4. The van der Waals surface area contributed by atoms with Crippen molar-refractivity contribution < 1.29 is 0 Å². The van der Waals surface area contributed by atoms with E-state index in [0.29, 0.717) is 6.04 Å². The Morgan fingerprint density at radius 1 is 1.05 bits per heavy atom. The number of fused-ring (bicyclic) bond motifs is 2. The Labute approximate surface area is 122 Å². The summed E-state index contributed by atoms with van der Waals surface area (Å²) < 4.78 is 0. The van der Waals surface area contributed by atoms with Crippen molar-refractivity contribution in [2.24, 2.45) is 11.8 Å². The second kappa shape index (κ2) is 5.50. The molecule has 1 aromatic rings. The van der Waals surface area contributed by atoms with Crippen LogP contribution in [0, 0.1) is 11.8 Å². The van der Waals surface area contributed by atoms with Gasteiger partial charge in [-0.15, -0.1) is 0 Å². The molecule has 1 aromatic carbocycles. The minimum atomic E-state index is 0.526. The van der Waals surface area contributed by atoms with Crippen molar-refractivity contribution in [3.8, 4) is 0 Å². The Morgan fingerprint density at radius 3 is 2.70 bits per heavy atom. The molecular formula is C18H26N2. The lowest BCUT2D eigenvalue weighted by Gasteiger charge is -2.35. The monoisotopic (exact) mass is 270 g/mol. The van der Waals surface area contributed by atoms with Gasteiger partial charge in [0.25, 0.3) is 0 Å². The number of rotatable bonds is 2. The molecule has 0 spiro atoms. The molecule has 2 heteroatoms. The van der Waals surface area contributed by atoms with Crippen LogP contribution in [0.15, 0.2) is 30.3 Å². The van der Waals surface area contributed by atoms with Crippen LogP contribution in [0.4, 0.5) is 0 Å². The molecule has 1 aliphatic heterocycles. The molecule has 0 radical (unpaired) electrons. The highest BCUT2D eigenvalue weighted by atomic mass is 15.2. The van der Waals surface area contributed by atoms with Crippen molar-refractivity contribution in [1.82, 2.24) is 10.2 Å². The van der Waals surface area contributed by atoms with Gasteiger partial charge in [-0.1, -0.05) is 36.8 Å². The van der Waals surface area contributed by atoms with Gasteiger partial charge in [-0.2, -0.15) is 0 Å². The number of nitrogens with zero attached hydrogens (tertiary/aromatic N) is 1. The first-order chi connectivity index (χ1) is 9.90. The summed E-state index contributed by atoms with van der Waals surface area (Å²) in [5.41, 5.74) is 1.46. The first-order valence-electron chi connectivity index (χ1n) is 8.42. The van der Waals surface area contributed by atoms with Crippen LogP contribution >= 0.6 is 0 Å². The molecule has 3 aliphatic rings. The van der Waals surface area contributed by atoms with E-state index < -0.39 is 0 Å². The van der Waals surface area contributed by atoms with E-state index in [1.807, 2.05) is 0 Å². The Kier molecular flexibility index (Phi) is 3.53. The smallest absolute Gasteiger partial charge is 0.0449 e.